The Morgan fingerprint density at radius 2 is 1.84 bits per heavy atom. The number of nitrogens with two attached hydrogens (primary N) is 1. The van der Waals surface area contributed by atoms with Crippen LogP contribution in [0, 0.1) is 0 Å². The number of anilines is 3. The Hall–Kier alpha value is -3.47. The summed E-state index contributed by atoms with van der Waals surface area (Å²) in [4.78, 5) is 8.89. The van der Waals surface area contributed by atoms with Gasteiger partial charge in [0.05, 0.1) is 4.90 Å². The maximum Gasteiger partial charge on any atom is 0.238 e. The van der Waals surface area contributed by atoms with E-state index in [1.807, 2.05) is 37.4 Å². The Balaban J connectivity index is 1.60. The highest BCUT2D eigenvalue weighted by Crippen LogP contribution is 2.40. The zero-order valence-corrected chi connectivity index (χ0v) is 18.1. The molecule has 10 heteroatoms. The molecule has 0 saturated heterocycles. The summed E-state index contributed by atoms with van der Waals surface area (Å²) < 4.78 is 29.3. The van der Waals surface area contributed by atoms with Crippen LogP contribution in [0.2, 0.25) is 0 Å². The van der Waals surface area contributed by atoms with E-state index in [0.29, 0.717) is 22.3 Å². The van der Waals surface area contributed by atoms with Crippen LogP contribution in [-0.4, -0.2) is 25.4 Å². The van der Waals surface area contributed by atoms with Gasteiger partial charge in [-0.1, -0.05) is 47.7 Å². The average molecular weight is 454 g/mol. The maximum absolute atomic E-state index is 11.6. The minimum atomic E-state index is -3.79. The summed E-state index contributed by atoms with van der Waals surface area (Å²) in [5.74, 6) is 1.05. The fourth-order valence-electron chi connectivity index (χ4n) is 2.81. The first-order valence-corrected chi connectivity index (χ1v) is 11.6. The van der Waals surface area contributed by atoms with Crippen LogP contribution in [0.1, 0.15) is 0 Å². The van der Waals surface area contributed by atoms with E-state index in [-0.39, 0.29) is 4.90 Å². The number of nitrogens with zero attached hydrogens (tertiary/aromatic N) is 2. The number of rotatable bonds is 7. The molecule has 0 spiro atoms. The lowest BCUT2D eigenvalue weighted by Gasteiger charge is -2.09. The molecule has 2 aromatic heterocycles. The van der Waals surface area contributed by atoms with Crippen molar-refractivity contribution in [3.8, 4) is 22.1 Å². The lowest BCUT2D eigenvalue weighted by atomic mass is 10.2. The van der Waals surface area contributed by atoms with Crippen molar-refractivity contribution in [2.45, 2.75) is 4.90 Å². The Morgan fingerprint density at radius 1 is 1.03 bits per heavy atom. The molecule has 4 aromatic rings. The third-order valence-electron chi connectivity index (χ3n) is 4.23. The third-order valence-corrected chi connectivity index (χ3v) is 6.10. The zero-order valence-electron chi connectivity index (χ0n) is 16.4. The number of thiazole rings is 1. The quantitative estimate of drug-likeness (QED) is 0.379. The van der Waals surface area contributed by atoms with Crippen molar-refractivity contribution in [3.63, 3.8) is 0 Å². The van der Waals surface area contributed by atoms with Gasteiger partial charge in [-0.25, -0.2) is 23.5 Å². The van der Waals surface area contributed by atoms with Gasteiger partial charge >= 0.3 is 0 Å². The first-order valence-electron chi connectivity index (χ1n) is 9.20. The molecule has 31 heavy (non-hydrogen) atoms. The van der Waals surface area contributed by atoms with Crippen molar-refractivity contribution in [2.75, 3.05) is 17.7 Å². The molecule has 0 bridgehead atoms. The van der Waals surface area contributed by atoms with E-state index in [1.165, 1.54) is 23.5 Å². The highest BCUT2D eigenvalue weighted by atomic mass is 32.2. The summed E-state index contributed by atoms with van der Waals surface area (Å²) >= 11 is 1.40. The van der Waals surface area contributed by atoms with Crippen molar-refractivity contribution >= 4 is 38.0 Å². The molecule has 8 nitrogen and oxygen atoms in total. The number of primary sulfonamides is 1. The molecular weight excluding hydrogens is 434 g/mol. The number of pyridine rings is 1. The molecule has 0 unspecified atom stereocenters. The van der Waals surface area contributed by atoms with Gasteiger partial charge in [0.2, 0.25) is 15.1 Å². The topological polar surface area (TPSA) is 119 Å². The van der Waals surface area contributed by atoms with E-state index in [0.717, 1.165) is 16.4 Å². The number of sulfonamides is 1. The summed E-state index contributed by atoms with van der Waals surface area (Å²) in [6.45, 7) is 0. The summed E-state index contributed by atoms with van der Waals surface area (Å²) in [6.07, 6.45) is 1.60. The van der Waals surface area contributed by atoms with Crippen molar-refractivity contribution < 1.29 is 13.2 Å². The van der Waals surface area contributed by atoms with Crippen LogP contribution < -0.4 is 20.5 Å². The number of benzene rings is 2. The first kappa shape index (κ1) is 20.8. The standard InChI is InChI=1S/C21H19N5O3S2/c1-23-21-26-19(14-6-3-2-4-7-14)20(30-21)29-16-10-11-24-18(13-16)25-15-8-5-9-17(12-15)31(22,27)28/h2-13H,1H3,(H,23,26)(H,24,25)(H2,22,27,28). The number of hydrogen-bond donors (Lipinski definition) is 3. The van der Waals surface area contributed by atoms with Crippen LogP contribution in [0.15, 0.2) is 77.8 Å². The smallest absolute Gasteiger partial charge is 0.238 e. The highest BCUT2D eigenvalue weighted by molar-refractivity contribution is 7.89. The van der Waals surface area contributed by atoms with Gasteiger partial charge in [0.15, 0.2) is 5.13 Å². The monoisotopic (exact) mass is 453 g/mol. The van der Waals surface area contributed by atoms with Crippen LogP contribution >= 0.6 is 11.3 Å². The fraction of sp³-hybridized carbons (Fsp3) is 0.0476. The summed E-state index contributed by atoms with van der Waals surface area (Å²) in [7, 11) is -1.99. The van der Waals surface area contributed by atoms with E-state index >= 15 is 0 Å². The van der Waals surface area contributed by atoms with Crippen LogP contribution in [0.4, 0.5) is 16.6 Å². The maximum atomic E-state index is 11.6. The minimum Gasteiger partial charge on any atom is -0.444 e. The summed E-state index contributed by atoms with van der Waals surface area (Å²) in [5, 5.41) is 12.7. The van der Waals surface area contributed by atoms with Gasteiger partial charge in [0.25, 0.3) is 0 Å². The molecule has 0 fully saturated rings. The molecule has 0 aliphatic carbocycles. The van der Waals surface area contributed by atoms with Crippen LogP contribution in [0.5, 0.6) is 10.8 Å². The van der Waals surface area contributed by atoms with Crippen molar-refractivity contribution in [1.29, 1.82) is 0 Å². The van der Waals surface area contributed by atoms with Gasteiger partial charge < -0.3 is 15.4 Å². The number of ether oxygens (including phenoxy) is 1. The third kappa shape index (κ3) is 5.00. The molecule has 0 aliphatic rings. The Kier molecular flexibility index (Phi) is 5.85. The summed E-state index contributed by atoms with van der Waals surface area (Å²) in [5.41, 5.74) is 2.22. The number of aromatic nitrogens is 2. The van der Waals surface area contributed by atoms with Gasteiger partial charge in [-0.2, -0.15) is 0 Å². The molecule has 0 radical (unpaired) electrons. The van der Waals surface area contributed by atoms with E-state index in [4.69, 9.17) is 9.88 Å². The lowest BCUT2D eigenvalue weighted by Crippen LogP contribution is -2.12. The molecule has 0 amide bonds. The number of hydrogen-bond acceptors (Lipinski definition) is 8. The highest BCUT2D eigenvalue weighted by Gasteiger charge is 2.15. The minimum absolute atomic E-state index is 0.0154. The van der Waals surface area contributed by atoms with Gasteiger partial charge in [-0.3, -0.25) is 0 Å². The van der Waals surface area contributed by atoms with Gasteiger partial charge in [-0.15, -0.1) is 0 Å². The van der Waals surface area contributed by atoms with Gasteiger partial charge in [0.1, 0.15) is 17.3 Å². The Morgan fingerprint density at radius 3 is 2.58 bits per heavy atom. The molecule has 0 aliphatic heterocycles. The summed E-state index contributed by atoms with van der Waals surface area (Å²) in [6, 6.07) is 19.4. The second-order valence-electron chi connectivity index (χ2n) is 6.45. The molecule has 2 aromatic carbocycles. The predicted octanol–water partition coefficient (Wildman–Crippen LogP) is 4.43. The van der Waals surface area contributed by atoms with E-state index in [9.17, 15) is 8.42 Å². The normalized spacial score (nSPS) is 11.2. The molecule has 4 rings (SSSR count). The SMILES string of the molecule is CNc1nc(-c2ccccc2)c(Oc2ccnc(Nc3cccc(S(N)(=O)=O)c3)c2)s1. The van der Waals surface area contributed by atoms with E-state index in [2.05, 4.69) is 20.6 Å². The van der Waals surface area contributed by atoms with Crippen molar-refractivity contribution in [1.82, 2.24) is 9.97 Å². The molecule has 158 valence electrons. The van der Waals surface area contributed by atoms with Gasteiger partial charge in [-0.05, 0) is 24.3 Å². The fourth-order valence-corrected chi connectivity index (χ4v) is 4.18. The molecule has 0 saturated carbocycles. The molecular formula is C21H19N5O3S2. The van der Waals surface area contributed by atoms with Crippen LogP contribution in [0.25, 0.3) is 11.3 Å². The number of nitrogens with one attached hydrogen (secondary N) is 2. The van der Waals surface area contributed by atoms with E-state index in [1.54, 1.807) is 30.5 Å². The average Bonchev–Trinajstić information content (AvgIpc) is 3.17. The second-order valence-corrected chi connectivity index (χ2v) is 8.97. The second kappa shape index (κ2) is 8.72. The zero-order chi connectivity index (χ0) is 21.8. The predicted molar refractivity (Wildman–Crippen MR) is 123 cm³/mol. The lowest BCUT2D eigenvalue weighted by molar-refractivity contribution is 0.496. The van der Waals surface area contributed by atoms with Crippen LogP contribution in [-0.2, 0) is 10.0 Å². The van der Waals surface area contributed by atoms with Crippen LogP contribution in [0.3, 0.4) is 0 Å². The Bertz CT molecular complexity index is 1310. The first-order chi connectivity index (χ1) is 14.9. The van der Waals surface area contributed by atoms with Crippen molar-refractivity contribution in [2.24, 2.45) is 5.14 Å². The molecule has 0 atom stereocenters. The Labute approximate surface area is 183 Å². The van der Waals surface area contributed by atoms with Crippen molar-refractivity contribution in [3.05, 3.63) is 72.9 Å². The molecule has 2 heterocycles. The molecule has 4 N–H and O–H groups in total. The largest absolute Gasteiger partial charge is 0.444 e. The van der Waals surface area contributed by atoms with E-state index < -0.39 is 10.0 Å². The van der Waals surface area contributed by atoms with Gasteiger partial charge in [0, 0.05) is 30.6 Å².